The molecule has 0 bridgehead atoms. The van der Waals surface area contributed by atoms with Gasteiger partial charge >= 0.3 is 6.03 Å². The zero-order valence-corrected chi connectivity index (χ0v) is 11.7. The molecule has 0 saturated carbocycles. The van der Waals surface area contributed by atoms with Gasteiger partial charge in [-0.2, -0.15) is 0 Å². The van der Waals surface area contributed by atoms with Gasteiger partial charge in [0.15, 0.2) is 0 Å². The lowest BCUT2D eigenvalue weighted by Crippen LogP contribution is -2.41. The molecule has 2 amide bonds. The molecule has 0 aromatic heterocycles. The maximum atomic E-state index is 11.5. The molecular formula is C13H28N2O2. The van der Waals surface area contributed by atoms with E-state index in [-0.39, 0.29) is 18.1 Å². The minimum Gasteiger partial charge on any atom is -0.396 e. The third-order valence-electron chi connectivity index (χ3n) is 2.76. The van der Waals surface area contributed by atoms with Gasteiger partial charge in [0.1, 0.15) is 0 Å². The van der Waals surface area contributed by atoms with Gasteiger partial charge in [-0.3, -0.25) is 0 Å². The van der Waals surface area contributed by atoms with Crippen molar-refractivity contribution in [1.82, 2.24) is 10.6 Å². The number of hydrogen-bond donors (Lipinski definition) is 3. The number of amides is 2. The normalized spacial score (nSPS) is 11.6. The Bertz CT molecular complexity index is 215. The topological polar surface area (TPSA) is 61.4 Å². The van der Waals surface area contributed by atoms with E-state index in [1.165, 1.54) is 0 Å². The van der Waals surface area contributed by atoms with Crippen LogP contribution in [-0.4, -0.2) is 30.8 Å². The molecule has 0 aliphatic rings. The van der Waals surface area contributed by atoms with Crippen LogP contribution in [0.5, 0.6) is 0 Å². The SMILES string of the molecule is CC(C)CCCNC(=O)NCC(C)(C)CCO. The molecule has 0 heterocycles. The molecule has 0 spiro atoms. The molecule has 0 aromatic carbocycles. The van der Waals surface area contributed by atoms with Crippen molar-refractivity contribution in [3.63, 3.8) is 0 Å². The highest BCUT2D eigenvalue weighted by atomic mass is 16.3. The van der Waals surface area contributed by atoms with Crippen LogP contribution in [0.2, 0.25) is 0 Å². The van der Waals surface area contributed by atoms with E-state index in [1.54, 1.807) is 0 Å². The van der Waals surface area contributed by atoms with Crippen LogP contribution in [0.25, 0.3) is 0 Å². The van der Waals surface area contributed by atoms with Gasteiger partial charge in [0.05, 0.1) is 0 Å². The third-order valence-corrected chi connectivity index (χ3v) is 2.76. The minimum absolute atomic E-state index is 0.0516. The molecule has 0 aliphatic heterocycles. The van der Waals surface area contributed by atoms with Gasteiger partial charge in [-0.1, -0.05) is 27.7 Å². The first kappa shape index (κ1) is 16.2. The van der Waals surface area contributed by atoms with Gasteiger partial charge in [-0.25, -0.2) is 4.79 Å². The Hall–Kier alpha value is -0.770. The number of rotatable bonds is 8. The fraction of sp³-hybridized carbons (Fsp3) is 0.923. The highest BCUT2D eigenvalue weighted by molar-refractivity contribution is 5.73. The second-order valence-corrected chi connectivity index (χ2v) is 5.78. The van der Waals surface area contributed by atoms with Gasteiger partial charge in [0.25, 0.3) is 0 Å². The number of aliphatic hydroxyl groups is 1. The first-order chi connectivity index (χ1) is 7.87. The lowest BCUT2D eigenvalue weighted by atomic mass is 9.90. The summed E-state index contributed by atoms with van der Waals surface area (Å²) >= 11 is 0. The summed E-state index contributed by atoms with van der Waals surface area (Å²) in [5.41, 5.74) is -0.0516. The highest BCUT2D eigenvalue weighted by Gasteiger charge is 2.17. The van der Waals surface area contributed by atoms with Gasteiger partial charge in [-0.15, -0.1) is 0 Å². The molecule has 0 rings (SSSR count). The van der Waals surface area contributed by atoms with E-state index in [0.717, 1.165) is 19.4 Å². The van der Waals surface area contributed by atoms with Gasteiger partial charge < -0.3 is 15.7 Å². The summed E-state index contributed by atoms with van der Waals surface area (Å²) in [6, 6.07) is -0.111. The van der Waals surface area contributed by atoms with Crippen molar-refractivity contribution in [1.29, 1.82) is 0 Å². The summed E-state index contributed by atoms with van der Waals surface area (Å²) in [7, 11) is 0. The zero-order valence-electron chi connectivity index (χ0n) is 11.7. The Morgan fingerprint density at radius 2 is 1.94 bits per heavy atom. The Labute approximate surface area is 105 Å². The van der Waals surface area contributed by atoms with Crippen molar-refractivity contribution in [3.8, 4) is 0 Å². The summed E-state index contributed by atoms with van der Waals surface area (Å²) in [5.74, 6) is 0.684. The maximum Gasteiger partial charge on any atom is 0.314 e. The lowest BCUT2D eigenvalue weighted by molar-refractivity contribution is 0.201. The molecule has 0 atom stereocenters. The number of nitrogens with one attached hydrogen (secondary N) is 2. The molecule has 0 saturated heterocycles. The summed E-state index contributed by atoms with van der Waals surface area (Å²) in [5, 5.41) is 14.5. The quantitative estimate of drug-likeness (QED) is 0.573. The summed E-state index contributed by atoms with van der Waals surface area (Å²) in [4.78, 5) is 11.5. The number of aliphatic hydroxyl groups excluding tert-OH is 1. The highest BCUT2D eigenvalue weighted by Crippen LogP contribution is 2.17. The number of hydrogen-bond acceptors (Lipinski definition) is 2. The smallest absolute Gasteiger partial charge is 0.314 e. The van der Waals surface area contributed by atoms with Crippen LogP contribution in [0, 0.1) is 11.3 Å². The molecule has 0 fully saturated rings. The molecular weight excluding hydrogens is 216 g/mol. The summed E-state index contributed by atoms with van der Waals surface area (Å²) in [6.45, 7) is 9.89. The average molecular weight is 244 g/mol. The van der Waals surface area contributed by atoms with Crippen molar-refractivity contribution in [2.24, 2.45) is 11.3 Å². The molecule has 0 aromatic rings. The fourth-order valence-electron chi connectivity index (χ4n) is 1.49. The first-order valence-corrected chi connectivity index (χ1v) is 6.50. The minimum atomic E-state index is -0.111. The van der Waals surface area contributed by atoms with Crippen molar-refractivity contribution in [2.75, 3.05) is 19.7 Å². The molecule has 4 heteroatoms. The Morgan fingerprint density at radius 1 is 1.29 bits per heavy atom. The van der Waals surface area contributed by atoms with E-state index in [1.807, 2.05) is 13.8 Å². The Morgan fingerprint density at radius 3 is 2.47 bits per heavy atom. The fourth-order valence-corrected chi connectivity index (χ4v) is 1.49. The van der Waals surface area contributed by atoms with E-state index < -0.39 is 0 Å². The van der Waals surface area contributed by atoms with Crippen LogP contribution in [0.4, 0.5) is 4.79 Å². The largest absolute Gasteiger partial charge is 0.396 e. The lowest BCUT2D eigenvalue weighted by Gasteiger charge is -2.23. The molecule has 0 radical (unpaired) electrons. The summed E-state index contributed by atoms with van der Waals surface area (Å²) in [6.07, 6.45) is 2.85. The van der Waals surface area contributed by atoms with Crippen LogP contribution in [0.1, 0.15) is 47.0 Å². The molecule has 0 unspecified atom stereocenters. The second kappa shape index (κ2) is 8.34. The molecule has 3 N–H and O–H groups in total. The first-order valence-electron chi connectivity index (χ1n) is 6.50. The third kappa shape index (κ3) is 10.1. The van der Waals surface area contributed by atoms with E-state index in [9.17, 15) is 4.79 Å². The number of urea groups is 1. The van der Waals surface area contributed by atoms with Crippen LogP contribution < -0.4 is 10.6 Å². The maximum absolute atomic E-state index is 11.5. The van der Waals surface area contributed by atoms with E-state index in [0.29, 0.717) is 18.9 Å². The summed E-state index contributed by atoms with van der Waals surface area (Å²) < 4.78 is 0. The molecule has 102 valence electrons. The Balaban J connectivity index is 3.59. The van der Waals surface area contributed by atoms with Crippen LogP contribution in [0.3, 0.4) is 0 Å². The second-order valence-electron chi connectivity index (χ2n) is 5.78. The zero-order chi connectivity index (χ0) is 13.3. The molecule has 4 nitrogen and oxygen atoms in total. The van der Waals surface area contributed by atoms with Crippen molar-refractivity contribution in [2.45, 2.75) is 47.0 Å². The number of carbonyl (C=O) groups is 1. The van der Waals surface area contributed by atoms with Crippen molar-refractivity contribution >= 4 is 6.03 Å². The van der Waals surface area contributed by atoms with E-state index in [2.05, 4.69) is 24.5 Å². The molecule has 0 aliphatic carbocycles. The van der Waals surface area contributed by atoms with E-state index >= 15 is 0 Å². The van der Waals surface area contributed by atoms with Gasteiger partial charge in [-0.05, 0) is 30.6 Å². The Kier molecular flexibility index (Phi) is 7.96. The molecule has 17 heavy (non-hydrogen) atoms. The average Bonchev–Trinajstić information content (AvgIpc) is 2.21. The van der Waals surface area contributed by atoms with Gasteiger partial charge in [0.2, 0.25) is 0 Å². The number of carbonyl (C=O) groups excluding carboxylic acids is 1. The van der Waals surface area contributed by atoms with E-state index in [4.69, 9.17) is 5.11 Å². The predicted octanol–water partition coefficient (Wildman–Crippen LogP) is 2.13. The predicted molar refractivity (Wildman–Crippen MR) is 71.0 cm³/mol. The van der Waals surface area contributed by atoms with Gasteiger partial charge in [0, 0.05) is 19.7 Å². The van der Waals surface area contributed by atoms with Crippen molar-refractivity contribution in [3.05, 3.63) is 0 Å². The van der Waals surface area contributed by atoms with Crippen LogP contribution in [-0.2, 0) is 0 Å². The standard InChI is InChI=1S/C13H28N2O2/c1-11(2)6-5-8-14-12(17)15-10-13(3,4)7-9-16/h11,16H,5-10H2,1-4H3,(H2,14,15,17). The van der Waals surface area contributed by atoms with Crippen molar-refractivity contribution < 1.29 is 9.90 Å². The monoisotopic (exact) mass is 244 g/mol. The van der Waals surface area contributed by atoms with Crippen LogP contribution >= 0.6 is 0 Å². The van der Waals surface area contributed by atoms with Crippen LogP contribution in [0.15, 0.2) is 0 Å².